The van der Waals surface area contributed by atoms with Crippen LogP contribution in [0, 0.1) is 11.3 Å². The van der Waals surface area contributed by atoms with Crippen molar-refractivity contribution in [3.05, 3.63) is 0 Å². The molecule has 0 spiro atoms. The van der Waals surface area contributed by atoms with Crippen LogP contribution in [0.3, 0.4) is 0 Å². The zero-order valence-corrected chi connectivity index (χ0v) is 8.86. The molecule has 0 saturated heterocycles. The summed E-state index contributed by atoms with van der Waals surface area (Å²) in [7, 11) is 1.70. The molecule has 0 aromatic carbocycles. The number of carboxylic acids is 1. The molecule has 0 aliphatic rings. The van der Waals surface area contributed by atoms with E-state index in [1.54, 1.807) is 11.9 Å². The molecule has 84 valence electrons. The summed E-state index contributed by atoms with van der Waals surface area (Å²) in [5.41, 5.74) is 0. The van der Waals surface area contributed by atoms with Crippen LogP contribution in [0.4, 0.5) is 0 Å². The van der Waals surface area contributed by atoms with Gasteiger partial charge in [0.25, 0.3) is 0 Å². The molecule has 0 radical (unpaired) electrons. The van der Waals surface area contributed by atoms with E-state index in [1.807, 2.05) is 6.07 Å². The number of nitrogens with zero attached hydrogens (tertiary/aromatic N) is 2. The van der Waals surface area contributed by atoms with Gasteiger partial charge in [-0.1, -0.05) is 0 Å². The number of nitrogens with one attached hydrogen (secondary N) is 1. The van der Waals surface area contributed by atoms with Crippen molar-refractivity contribution < 1.29 is 14.7 Å². The lowest BCUT2D eigenvalue weighted by molar-refractivity contribution is -0.142. The molecule has 0 aliphatic heterocycles. The minimum atomic E-state index is -1.07. The maximum Gasteiger partial charge on any atom is 0.327 e. The smallest absolute Gasteiger partial charge is 0.327 e. The average Bonchev–Trinajstić information content (AvgIpc) is 2.12. The van der Waals surface area contributed by atoms with Crippen LogP contribution in [0.5, 0.6) is 0 Å². The van der Waals surface area contributed by atoms with Gasteiger partial charge in [-0.05, 0) is 7.05 Å². The maximum atomic E-state index is 10.7. The molecule has 2 N–H and O–H groups in total. The van der Waals surface area contributed by atoms with Crippen LogP contribution in [0.2, 0.25) is 0 Å². The SMILES string of the molecule is CC(=O)NC(CN(C)CCC#N)C(=O)O. The molecule has 0 aromatic heterocycles. The topological polar surface area (TPSA) is 93.4 Å². The predicted molar refractivity (Wildman–Crippen MR) is 53.0 cm³/mol. The van der Waals surface area contributed by atoms with Crippen molar-refractivity contribution >= 4 is 11.9 Å². The van der Waals surface area contributed by atoms with Crippen molar-refractivity contribution in [2.45, 2.75) is 19.4 Å². The molecule has 15 heavy (non-hydrogen) atoms. The van der Waals surface area contributed by atoms with Crippen molar-refractivity contribution in [1.82, 2.24) is 10.2 Å². The first-order valence-electron chi connectivity index (χ1n) is 4.52. The van der Waals surface area contributed by atoms with Gasteiger partial charge in [0.05, 0.1) is 6.07 Å². The van der Waals surface area contributed by atoms with E-state index in [0.29, 0.717) is 13.0 Å². The summed E-state index contributed by atoms with van der Waals surface area (Å²) in [6.07, 6.45) is 0.336. The number of nitriles is 1. The van der Waals surface area contributed by atoms with Crippen LogP contribution in [-0.2, 0) is 9.59 Å². The number of carbonyl (C=O) groups is 2. The van der Waals surface area contributed by atoms with Gasteiger partial charge in [-0.15, -0.1) is 0 Å². The lowest BCUT2D eigenvalue weighted by atomic mass is 10.2. The molecule has 0 bridgehead atoms. The number of aliphatic carboxylic acids is 1. The minimum absolute atomic E-state index is 0.191. The molecule has 0 saturated carbocycles. The fourth-order valence-electron chi connectivity index (χ4n) is 1.07. The zero-order chi connectivity index (χ0) is 11.8. The second-order valence-electron chi connectivity index (χ2n) is 3.26. The van der Waals surface area contributed by atoms with E-state index in [0.717, 1.165) is 0 Å². The first-order valence-corrected chi connectivity index (χ1v) is 4.52. The largest absolute Gasteiger partial charge is 0.480 e. The number of rotatable bonds is 6. The Bertz CT molecular complexity index is 272. The Balaban J connectivity index is 4.11. The standard InChI is InChI=1S/C9H15N3O3/c1-7(13)11-8(9(14)15)6-12(2)5-3-4-10/h8H,3,5-6H2,1-2H3,(H,11,13)(H,14,15). The lowest BCUT2D eigenvalue weighted by Crippen LogP contribution is -2.47. The van der Waals surface area contributed by atoms with Gasteiger partial charge in [0.2, 0.25) is 5.91 Å². The molecule has 1 unspecified atom stereocenters. The number of carbonyl (C=O) groups excluding carboxylic acids is 1. The van der Waals surface area contributed by atoms with Gasteiger partial charge >= 0.3 is 5.97 Å². The van der Waals surface area contributed by atoms with Crippen molar-refractivity contribution in [3.8, 4) is 6.07 Å². The summed E-state index contributed by atoms with van der Waals surface area (Å²) >= 11 is 0. The fraction of sp³-hybridized carbons (Fsp3) is 0.667. The molecule has 1 atom stereocenters. The number of likely N-dealkylation sites (N-methyl/N-ethyl adjacent to an activating group) is 1. The summed E-state index contributed by atoms with van der Waals surface area (Å²) in [5, 5.41) is 19.5. The Labute approximate surface area is 88.5 Å². The van der Waals surface area contributed by atoms with Crippen molar-refractivity contribution in [3.63, 3.8) is 0 Å². The first kappa shape index (κ1) is 13.4. The van der Waals surface area contributed by atoms with E-state index < -0.39 is 12.0 Å². The van der Waals surface area contributed by atoms with Gasteiger partial charge in [0, 0.05) is 26.4 Å². The Morgan fingerprint density at radius 2 is 2.20 bits per heavy atom. The van der Waals surface area contributed by atoms with Crippen LogP contribution in [0.25, 0.3) is 0 Å². The predicted octanol–water partition coefficient (Wildman–Crippen LogP) is -0.579. The number of amides is 1. The molecule has 0 fully saturated rings. The van der Waals surface area contributed by atoms with Gasteiger partial charge in [0.15, 0.2) is 0 Å². The highest BCUT2D eigenvalue weighted by Crippen LogP contribution is 1.92. The number of hydrogen-bond donors (Lipinski definition) is 2. The van der Waals surface area contributed by atoms with E-state index in [4.69, 9.17) is 10.4 Å². The van der Waals surface area contributed by atoms with E-state index in [1.165, 1.54) is 6.92 Å². The van der Waals surface area contributed by atoms with E-state index >= 15 is 0 Å². The van der Waals surface area contributed by atoms with Gasteiger partial charge in [-0.3, -0.25) is 4.79 Å². The van der Waals surface area contributed by atoms with Gasteiger partial charge in [-0.2, -0.15) is 5.26 Å². The Morgan fingerprint density at radius 1 is 1.60 bits per heavy atom. The zero-order valence-electron chi connectivity index (χ0n) is 8.86. The van der Waals surface area contributed by atoms with Gasteiger partial charge in [-0.25, -0.2) is 4.79 Å². The summed E-state index contributed by atoms with van der Waals surface area (Å²) in [6, 6.07) is 1.04. The second-order valence-corrected chi connectivity index (χ2v) is 3.26. The Morgan fingerprint density at radius 3 is 2.60 bits per heavy atom. The third-order valence-corrected chi connectivity index (χ3v) is 1.78. The molecule has 1 amide bonds. The van der Waals surface area contributed by atoms with Crippen molar-refractivity contribution in [2.75, 3.05) is 20.1 Å². The van der Waals surface area contributed by atoms with Crippen LogP contribution in [-0.4, -0.2) is 48.1 Å². The molecular weight excluding hydrogens is 198 g/mol. The Hall–Kier alpha value is -1.61. The van der Waals surface area contributed by atoms with Crippen LogP contribution >= 0.6 is 0 Å². The summed E-state index contributed by atoms with van der Waals surface area (Å²) in [6.45, 7) is 1.95. The van der Waals surface area contributed by atoms with E-state index in [2.05, 4.69) is 5.32 Å². The van der Waals surface area contributed by atoms with E-state index in [9.17, 15) is 9.59 Å². The van der Waals surface area contributed by atoms with Crippen molar-refractivity contribution in [2.24, 2.45) is 0 Å². The molecule has 0 heterocycles. The molecule has 6 heteroatoms. The summed E-state index contributed by atoms with van der Waals surface area (Å²) in [4.78, 5) is 23.1. The third kappa shape index (κ3) is 6.46. The summed E-state index contributed by atoms with van der Waals surface area (Å²) < 4.78 is 0. The molecular formula is C9H15N3O3. The lowest BCUT2D eigenvalue weighted by Gasteiger charge is -2.20. The van der Waals surface area contributed by atoms with Crippen LogP contribution < -0.4 is 5.32 Å². The highest BCUT2D eigenvalue weighted by molar-refractivity contribution is 5.82. The van der Waals surface area contributed by atoms with Crippen molar-refractivity contribution in [1.29, 1.82) is 5.26 Å². The Kier molecular flexibility index (Phi) is 6.06. The quantitative estimate of drug-likeness (QED) is 0.615. The van der Waals surface area contributed by atoms with E-state index in [-0.39, 0.29) is 12.5 Å². The van der Waals surface area contributed by atoms with Gasteiger partial charge in [0.1, 0.15) is 6.04 Å². The number of carboxylic acid groups (broad SMARTS) is 1. The number of hydrogen-bond acceptors (Lipinski definition) is 4. The average molecular weight is 213 g/mol. The normalized spacial score (nSPS) is 11.9. The first-order chi connectivity index (χ1) is 6.97. The highest BCUT2D eigenvalue weighted by atomic mass is 16.4. The molecule has 6 nitrogen and oxygen atoms in total. The third-order valence-electron chi connectivity index (χ3n) is 1.78. The maximum absolute atomic E-state index is 10.7. The molecule has 0 rings (SSSR count). The minimum Gasteiger partial charge on any atom is -0.480 e. The monoisotopic (exact) mass is 213 g/mol. The fourth-order valence-corrected chi connectivity index (χ4v) is 1.07. The van der Waals surface area contributed by atoms with Crippen LogP contribution in [0.1, 0.15) is 13.3 Å². The second kappa shape index (κ2) is 6.79. The molecule has 0 aromatic rings. The summed E-state index contributed by atoms with van der Waals surface area (Å²) in [5.74, 6) is -1.45. The van der Waals surface area contributed by atoms with Gasteiger partial charge < -0.3 is 15.3 Å². The van der Waals surface area contributed by atoms with Crippen LogP contribution in [0.15, 0.2) is 0 Å². The highest BCUT2D eigenvalue weighted by Gasteiger charge is 2.19. The molecule has 0 aliphatic carbocycles.